The highest BCUT2D eigenvalue weighted by Gasteiger charge is 2.08. The summed E-state index contributed by atoms with van der Waals surface area (Å²) >= 11 is 6.13. The number of fused-ring (bicyclic) bond motifs is 1. The number of tetrazole rings is 1. The molecule has 3 rings (SSSR count). The number of anilines is 1. The second kappa shape index (κ2) is 5.45. The lowest BCUT2D eigenvalue weighted by Gasteiger charge is -2.08. The third-order valence-corrected chi connectivity index (χ3v) is 3.30. The molecule has 1 aromatic carbocycles. The molecule has 0 aliphatic heterocycles. The first-order valence-electron chi connectivity index (χ1n) is 6.20. The summed E-state index contributed by atoms with van der Waals surface area (Å²) in [7, 11) is 0. The van der Waals surface area contributed by atoms with Crippen LogP contribution in [0.15, 0.2) is 30.6 Å². The molecule has 0 fully saturated rings. The number of pyridine rings is 1. The zero-order chi connectivity index (χ0) is 14.8. The van der Waals surface area contributed by atoms with E-state index in [9.17, 15) is 4.79 Å². The van der Waals surface area contributed by atoms with Gasteiger partial charge in [0.1, 0.15) is 18.7 Å². The third-order valence-electron chi connectivity index (χ3n) is 2.97. The molecule has 0 aliphatic rings. The lowest BCUT2D eigenvalue weighted by atomic mass is 10.1. The Labute approximate surface area is 124 Å². The predicted octanol–water partition coefficient (Wildman–Crippen LogP) is 1.82. The summed E-state index contributed by atoms with van der Waals surface area (Å²) in [5, 5.41) is 14.8. The van der Waals surface area contributed by atoms with Gasteiger partial charge in [-0.3, -0.25) is 4.79 Å². The maximum absolute atomic E-state index is 11.9. The molecule has 21 heavy (non-hydrogen) atoms. The summed E-state index contributed by atoms with van der Waals surface area (Å²) < 4.78 is 1.33. The molecule has 0 bridgehead atoms. The first-order chi connectivity index (χ1) is 10.1. The number of hydrogen-bond acceptors (Lipinski definition) is 5. The lowest BCUT2D eigenvalue weighted by Crippen LogP contribution is -2.19. The molecular weight excluding hydrogens is 292 g/mol. The molecular formula is C13H11ClN6O. The molecule has 0 spiro atoms. The van der Waals surface area contributed by atoms with Crippen molar-refractivity contribution in [1.29, 1.82) is 0 Å². The number of nitrogens with one attached hydrogen (secondary N) is 1. The lowest BCUT2D eigenvalue weighted by molar-refractivity contribution is -0.116. The number of rotatable bonds is 3. The number of aromatic nitrogens is 5. The Bertz CT molecular complexity index is 802. The largest absolute Gasteiger partial charge is 0.309 e. The average molecular weight is 303 g/mol. The summed E-state index contributed by atoms with van der Waals surface area (Å²) in [6, 6.07) is 7.27. The highest BCUT2D eigenvalue weighted by Crippen LogP contribution is 2.26. The minimum Gasteiger partial charge on any atom is -0.309 e. The van der Waals surface area contributed by atoms with Gasteiger partial charge < -0.3 is 5.32 Å². The molecule has 0 unspecified atom stereocenters. The molecule has 0 saturated heterocycles. The van der Waals surface area contributed by atoms with E-state index in [2.05, 4.69) is 25.8 Å². The van der Waals surface area contributed by atoms with E-state index in [0.29, 0.717) is 10.8 Å². The second-order valence-corrected chi connectivity index (χ2v) is 4.92. The van der Waals surface area contributed by atoms with Gasteiger partial charge in [-0.2, -0.15) is 0 Å². The monoisotopic (exact) mass is 302 g/mol. The van der Waals surface area contributed by atoms with Crippen molar-refractivity contribution in [3.63, 3.8) is 0 Å². The maximum atomic E-state index is 11.9. The van der Waals surface area contributed by atoms with Crippen molar-refractivity contribution in [2.45, 2.75) is 13.5 Å². The normalized spacial score (nSPS) is 10.8. The Morgan fingerprint density at radius 1 is 1.33 bits per heavy atom. The fraction of sp³-hybridized carbons (Fsp3) is 0.154. The molecule has 1 N–H and O–H groups in total. The molecule has 0 radical (unpaired) electrons. The van der Waals surface area contributed by atoms with Crippen LogP contribution in [0.2, 0.25) is 5.02 Å². The summed E-state index contributed by atoms with van der Waals surface area (Å²) in [5.74, 6) is 0.208. The minimum absolute atomic E-state index is 0.0290. The van der Waals surface area contributed by atoms with Crippen LogP contribution >= 0.6 is 11.6 Å². The minimum atomic E-state index is -0.256. The number of nitrogens with zero attached hydrogens (tertiary/aromatic N) is 5. The number of carbonyl (C=O) groups excluding carboxylic acids is 1. The van der Waals surface area contributed by atoms with Gasteiger partial charge in [-0.1, -0.05) is 17.7 Å². The van der Waals surface area contributed by atoms with Gasteiger partial charge >= 0.3 is 0 Å². The van der Waals surface area contributed by atoms with E-state index >= 15 is 0 Å². The van der Waals surface area contributed by atoms with Crippen molar-refractivity contribution < 1.29 is 4.79 Å². The topological polar surface area (TPSA) is 85.6 Å². The maximum Gasteiger partial charge on any atom is 0.247 e. The summed E-state index contributed by atoms with van der Waals surface area (Å²) in [5.41, 5.74) is 1.76. The van der Waals surface area contributed by atoms with Gasteiger partial charge in [-0.25, -0.2) is 9.67 Å². The molecule has 2 aromatic heterocycles. The highest BCUT2D eigenvalue weighted by atomic mass is 35.5. The van der Waals surface area contributed by atoms with E-state index in [1.807, 2.05) is 25.1 Å². The van der Waals surface area contributed by atoms with Crippen LogP contribution in [-0.2, 0) is 11.3 Å². The molecule has 2 heterocycles. The van der Waals surface area contributed by atoms with Crippen LogP contribution in [0.4, 0.5) is 5.82 Å². The van der Waals surface area contributed by atoms with E-state index in [4.69, 9.17) is 11.6 Å². The molecule has 0 aliphatic carbocycles. The standard InChI is InChI=1S/C13H11ClN6O/c1-8-2-4-10(14)9-3-5-11(17-13(8)9)16-12(21)6-20-7-15-18-19-20/h2-5,7H,6H2,1H3,(H,16,17,21). The fourth-order valence-corrected chi connectivity index (χ4v) is 2.19. The average Bonchev–Trinajstić information content (AvgIpc) is 2.96. The number of halogens is 1. The molecule has 8 heteroatoms. The summed E-state index contributed by atoms with van der Waals surface area (Å²) in [4.78, 5) is 16.3. The Morgan fingerprint density at radius 3 is 2.95 bits per heavy atom. The molecule has 1 amide bonds. The number of carbonyl (C=O) groups is 1. The van der Waals surface area contributed by atoms with Crippen molar-refractivity contribution in [2.24, 2.45) is 0 Å². The van der Waals surface area contributed by atoms with E-state index in [1.165, 1.54) is 11.0 Å². The zero-order valence-electron chi connectivity index (χ0n) is 11.1. The van der Waals surface area contributed by atoms with E-state index in [1.54, 1.807) is 6.07 Å². The Morgan fingerprint density at radius 2 is 2.19 bits per heavy atom. The molecule has 0 atom stereocenters. The van der Waals surface area contributed by atoms with Crippen LogP contribution in [-0.4, -0.2) is 31.1 Å². The quantitative estimate of drug-likeness (QED) is 0.797. The summed E-state index contributed by atoms with van der Waals surface area (Å²) in [6.45, 7) is 1.97. The molecule has 3 aromatic rings. The third kappa shape index (κ3) is 2.82. The van der Waals surface area contributed by atoms with Crippen LogP contribution in [0, 0.1) is 6.92 Å². The van der Waals surface area contributed by atoms with Crippen molar-refractivity contribution in [3.05, 3.63) is 41.2 Å². The number of benzene rings is 1. The number of aryl methyl sites for hydroxylation is 1. The Balaban J connectivity index is 1.84. The van der Waals surface area contributed by atoms with Gasteiger partial charge in [-0.15, -0.1) is 5.10 Å². The smallest absolute Gasteiger partial charge is 0.247 e. The van der Waals surface area contributed by atoms with Crippen LogP contribution < -0.4 is 5.32 Å². The van der Waals surface area contributed by atoms with Gasteiger partial charge in [-0.05, 0) is 41.1 Å². The van der Waals surface area contributed by atoms with Crippen LogP contribution in [0.5, 0.6) is 0 Å². The zero-order valence-corrected chi connectivity index (χ0v) is 11.9. The number of hydrogen-bond donors (Lipinski definition) is 1. The van der Waals surface area contributed by atoms with E-state index < -0.39 is 0 Å². The van der Waals surface area contributed by atoms with Gasteiger partial charge in [0.05, 0.1) is 5.52 Å². The van der Waals surface area contributed by atoms with Crippen LogP contribution in [0.25, 0.3) is 10.9 Å². The Kier molecular flexibility index (Phi) is 3.49. The molecule has 0 saturated carbocycles. The van der Waals surface area contributed by atoms with Gasteiger partial charge in [0.15, 0.2) is 0 Å². The predicted molar refractivity (Wildman–Crippen MR) is 77.9 cm³/mol. The summed E-state index contributed by atoms with van der Waals surface area (Å²) in [6.07, 6.45) is 1.37. The molecule has 106 valence electrons. The van der Waals surface area contributed by atoms with Crippen molar-refractivity contribution >= 4 is 34.2 Å². The van der Waals surface area contributed by atoms with Crippen LogP contribution in [0.1, 0.15) is 5.56 Å². The highest BCUT2D eigenvalue weighted by molar-refractivity contribution is 6.35. The SMILES string of the molecule is Cc1ccc(Cl)c2ccc(NC(=O)Cn3cnnn3)nc12. The van der Waals surface area contributed by atoms with Gasteiger partial charge in [0, 0.05) is 10.4 Å². The first-order valence-corrected chi connectivity index (χ1v) is 6.58. The fourth-order valence-electron chi connectivity index (χ4n) is 1.97. The first kappa shape index (κ1) is 13.4. The van der Waals surface area contributed by atoms with Gasteiger partial charge in [0.2, 0.25) is 5.91 Å². The van der Waals surface area contributed by atoms with E-state index in [-0.39, 0.29) is 12.5 Å². The van der Waals surface area contributed by atoms with Crippen molar-refractivity contribution in [1.82, 2.24) is 25.2 Å². The van der Waals surface area contributed by atoms with E-state index in [0.717, 1.165) is 16.5 Å². The number of amides is 1. The molecule has 7 nitrogen and oxygen atoms in total. The second-order valence-electron chi connectivity index (χ2n) is 4.51. The Hall–Kier alpha value is -2.54. The van der Waals surface area contributed by atoms with Crippen molar-refractivity contribution in [2.75, 3.05) is 5.32 Å². The van der Waals surface area contributed by atoms with Crippen molar-refractivity contribution in [3.8, 4) is 0 Å². The van der Waals surface area contributed by atoms with Crippen LogP contribution in [0.3, 0.4) is 0 Å². The van der Waals surface area contributed by atoms with Gasteiger partial charge in [0.25, 0.3) is 0 Å².